The highest BCUT2D eigenvalue weighted by Crippen LogP contribution is 2.33. The summed E-state index contributed by atoms with van der Waals surface area (Å²) in [6.45, 7) is 0. The fourth-order valence-electron chi connectivity index (χ4n) is 3.67. The van der Waals surface area contributed by atoms with Crippen LogP contribution in [0.15, 0.2) is 42.5 Å². The van der Waals surface area contributed by atoms with E-state index in [2.05, 4.69) is 10.6 Å². The summed E-state index contributed by atoms with van der Waals surface area (Å²) >= 11 is 0. The third-order valence-electron chi connectivity index (χ3n) is 5.02. The number of urea groups is 1. The number of rotatable bonds is 4. The Morgan fingerprint density at radius 1 is 0.964 bits per heavy atom. The Bertz CT molecular complexity index is 1010. The second-order valence-corrected chi connectivity index (χ2v) is 6.82. The molecule has 4 rings (SSSR count). The standard InChI is InChI=1S/C22H23N3O3/c1-27-15-11-14(12-16(13-15)28-2)23-22(26)25-21-17-7-3-5-9-19(17)24-20-10-6-4-8-18(20)21/h3,5,7,9,11-13H,4,6,8,10H2,1-2H3,(H2,23,24,25,26). The summed E-state index contributed by atoms with van der Waals surface area (Å²) in [5, 5.41) is 6.91. The summed E-state index contributed by atoms with van der Waals surface area (Å²) in [6, 6.07) is 12.9. The molecule has 1 heterocycles. The first-order chi connectivity index (χ1) is 13.7. The number of hydrogen-bond donors (Lipinski definition) is 2. The van der Waals surface area contributed by atoms with E-state index in [4.69, 9.17) is 14.5 Å². The van der Waals surface area contributed by atoms with E-state index in [1.165, 1.54) is 0 Å². The first-order valence-electron chi connectivity index (χ1n) is 9.39. The summed E-state index contributed by atoms with van der Waals surface area (Å²) in [7, 11) is 3.15. The topological polar surface area (TPSA) is 72.5 Å². The zero-order valence-electron chi connectivity index (χ0n) is 16.0. The van der Waals surface area contributed by atoms with Crippen molar-refractivity contribution < 1.29 is 14.3 Å². The highest BCUT2D eigenvalue weighted by molar-refractivity contribution is 6.06. The van der Waals surface area contributed by atoms with Crippen molar-refractivity contribution in [2.24, 2.45) is 0 Å². The number of methoxy groups -OCH3 is 2. The van der Waals surface area contributed by atoms with Gasteiger partial charge in [-0.2, -0.15) is 0 Å². The van der Waals surface area contributed by atoms with Crippen LogP contribution in [0.25, 0.3) is 10.9 Å². The third-order valence-corrected chi connectivity index (χ3v) is 5.02. The number of carbonyl (C=O) groups is 1. The zero-order valence-corrected chi connectivity index (χ0v) is 16.0. The van der Waals surface area contributed by atoms with E-state index in [1.807, 2.05) is 24.3 Å². The van der Waals surface area contributed by atoms with Gasteiger partial charge in [0.1, 0.15) is 11.5 Å². The Balaban J connectivity index is 1.66. The molecule has 1 aromatic heterocycles. The number of benzene rings is 2. The summed E-state index contributed by atoms with van der Waals surface area (Å²) in [5.41, 5.74) is 4.58. The van der Waals surface area contributed by atoms with Crippen LogP contribution in [0, 0.1) is 0 Å². The van der Waals surface area contributed by atoms with Crippen LogP contribution >= 0.6 is 0 Å². The van der Waals surface area contributed by atoms with E-state index in [0.29, 0.717) is 17.2 Å². The summed E-state index contributed by atoms with van der Waals surface area (Å²) in [6.07, 6.45) is 4.11. The number of aryl methyl sites for hydroxylation is 1. The van der Waals surface area contributed by atoms with Crippen LogP contribution in [0.1, 0.15) is 24.1 Å². The third kappa shape index (κ3) is 3.58. The molecule has 1 aliphatic rings. The Morgan fingerprint density at radius 2 is 1.68 bits per heavy atom. The van der Waals surface area contributed by atoms with Crippen molar-refractivity contribution in [2.45, 2.75) is 25.7 Å². The van der Waals surface area contributed by atoms with Crippen LogP contribution in [-0.2, 0) is 12.8 Å². The van der Waals surface area contributed by atoms with E-state index in [-0.39, 0.29) is 6.03 Å². The molecular formula is C22H23N3O3. The first-order valence-corrected chi connectivity index (χ1v) is 9.39. The maximum atomic E-state index is 12.8. The molecule has 2 aromatic carbocycles. The maximum Gasteiger partial charge on any atom is 0.323 e. The minimum atomic E-state index is -0.306. The fourth-order valence-corrected chi connectivity index (χ4v) is 3.67. The molecule has 0 saturated carbocycles. The molecule has 0 saturated heterocycles. The molecule has 144 valence electrons. The second kappa shape index (κ2) is 7.76. The molecule has 0 radical (unpaired) electrons. The number of ether oxygens (including phenoxy) is 2. The van der Waals surface area contributed by atoms with E-state index >= 15 is 0 Å². The smallest absolute Gasteiger partial charge is 0.323 e. The van der Waals surface area contributed by atoms with Gasteiger partial charge in [-0.1, -0.05) is 18.2 Å². The van der Waals surface area contributed by atoms with Crippen molar-refractivity contribution in [3.05, 3.63) is 53.7 Å². The Labute approximate surface area is 163 Å². The number of nitrogens with one attached hydrogen (secondary N) is 2. The molecule has 0 unspecified atom stereocenters. The molecule has 6 nitrogen and oxygen atoms in total. The molecule has 0 bridgehead atoms. The second-order valence-electron chi connectivity index (χ2n) is 6.82. The molecule has 0 fully saturated rings. The van der Waals surface area contributed by atoms with E-state index < -0.39 is 0 Å². The summed E-state index contributed by atoms with van der Waals surface area (Å²) in [4.78, 5) is 17.6. The molecule has 6 heteroatoms. The number of aromatic nitrogens is 1. The largest absolute Gasteiger partial charge is 0.497 e. The Morgan fingerprint density at radius 3 is 2.43 bits per heavy atom. The molecule has 0 aliphatic heterocycles. The van der Waals surface area contributed by atoms with Crippen molar-refractivity contribution >= 4 is 28.3 Å². The van der Waals surface area contributed by atoms with Crippen LogP contribution < -0.4 is 20.1 Å². The number of pyridine rings is 1. The quantitative estimate of drug-likeness (QED) is 0.687. The van der Waals surface area contributed by atoms with E-state index in [0.717, 1.165) is 53.5 Å². The zero-order chi connectivity index (χ0) is 19.5. The van der Waals surface area contributed by atoms with E-state index in [9.17, 15) is 4.79 Å². The van der Waals surface area contributed by atoms with Crippen molar-refractivity contribution in [1.82, 2.24) is 4.98 Å². The number of fused-ring (bicyclic) bond motifs is 2. The molecule has 0 spiro atoms. The van der Waals surface area contributed by atoms with Gasteiger partial charge in [0.15, 0.2) is 0 Å². The number of nitrogens with zero attached hydrogens (tertiary/aromatic N) is 1. The lowest BCUT2D eigenvalue weighted by molar-refractivity contribution is 0.262. The van der Waals surface area contributed by atoms with Gasteiger partial charge in [-0.05, 0) is 37.3 Å². The van der Waals surface area contributed by atoms with Gasteiger partial charge in [-0.3, -0.25) is 4.98 Å². The molecule has 2 N–H and O–H groups in total. The molecule has 28 heavy (non-hydrogen) atoms. The monoisotopic (exact) mass is 377 g/mol. The predicted octanol–water partition coefficient (Wildman–Crippen LogP) is 4.77. The van der Waals surface area contributed by atoms with Gasteiger partial charge in [0.25, 0.3) is 0 Å². The van der Waals surface area contributed by atoms with Crippen LogP contribution in [0.5, 0.6) is 11.5 Å². The number of para-hydroxylation sites is 1. The lowest BCUT2D eigenvalue weighted by Gasteiger charge is -2.21. The average molecular weight is 377 g/mol. The van der Waals surface area contributed by atoms with Crippen LogP contribution in [0.3, 0.4) is 0 Å². The van der Waals surface area contributed by atoms with Crippen molar-refractivity contribution in [3.63, 3.8) is 0 Å². The highest BCUT2D eigenvalue weighted by Gasteiger charge is 2.19. The average Bonchev–Trinajstić information content (AvgIpc) is 2.73. The molecule has 0 atom stereocenters. The van der Waals surface area contributed by atoms with Gasteiger partial charge < -0.3 is 20.1 Å². The summed E-state index contributed by atoms with van der Waals surface area (Å²) in [5.74, 6) is 1.22. The lowest BCUT2D eigenvalue weighted by Crippen LogP contribution is -2.22. The van der Waals surface area contributed by atoms with Gasteiger partial charge in [0.2, 0.25) is 0 Å². The molecule has 3 aromatic rings. The van der Waals surface area contributed by atoms with Gasteiger partial charge in [-0.25, -0.2) is 4.79 Å². The Hall–Kier alpha value is -3.28. The maximum absolute atomic E-state index is 12.8. The number of carbonyl (C=O) groups excluding carboxylic acids is 1. The molecule has 2 amide bonds. The predicted molar refractivity (Wildman–Crippen MR) is 111 cm³/mol. The minimum Gasteiger partial charge on any atom is -0.497 e. The van der Waals surface area contributed by atoms with Crippen LogP contribution in [-0.4, -0.2) is 25.2 Å². The first kappa shape index (κ1) is 18.1. The van der Waals surface area contributed by atoms with Crippen LogP contribution in [0.2, 0.25) is 0 Å². The minimum absolute atomic E-state index is 0.306. The Kier molecular flexibility index (Phi) is 5.02. The van der Waals surface area contributed by atoms with Crippen molar-refractivity contribution in [1.29, 1.82) is 0 Å². The van der Waals surface area contributed by atoms with Crippen LogP contribution in [0.4, 0.5) is 16.2 Å². The highest BCUT2D eigenvalue weighted by atomic mass is 16.5. The van der Waals surface area contributed by atoms with Crippen molar-refractivity contribution in [3.8, 4) is 11.5 Å². The van der Waals surface area contributed by atoms with Gasteiger partial charge in [0, 0.05) is 35.0 Å². The molecular weight excluding hydrogens is 354 g/mol. The number of anilines is 2. The summed E-state index contributed by atoms with van der Waals surface area (Å²) < 4.78 is 10.5. The lowest BCUT2D eigenvalue weighted by atomic mass is 9.93. The van der Waals surface area contributed by atoms with E-state index in [1.54, 1.807) is 32.4 Å². The number of hydrogen-bond acceptors (Lipinski definition) is 4. The van der Waals surface area contributed by atoms with Gasteiger partial charge in [0.05, 0.1) is 25.4 Å². The number of amides is 2. The SMILES string of the molecule is COc1cc(NC(=O)Nc2c3c(nc4ccccc24)CCCC3)cc(OC)c1. The molecule has 1 aliphatic carbocycles. The van der Waals surface area contributed by atoms with Gasteiger partial charge in [-0.15, -0.1) is 0 Å². The fraction of sp³-hybridized carbons (Fsp3) is 0.273. The van der Waals surface area contributed by atoms with Crippen molar-refractivity contribution in [2.75, 3.05) is 24.9 Å². The van der Waals surface area contributed by atoms with Gasteiger partial charge >= 0.3 is 6.03 Å². The normalized spacial score (nSPS) is 12.9.